The summed E-state index contributed by atoms with van der Waals surface area (Å²) in [5.74, 6) is 0.0429. The number of hydrogen-bond acceptors (Lipinski definition) is 2. The Balaban J connectivity index is 2.18. The molecule has 1 aliphatic carbocycles. The Hall–Kier alpha value is -0.390. The first-order valence-corrected chi connectivity index (χ1v) is 7.63. The molecular formula is C13H16Br2N2O. The number of nitrogens with two attached hydrogens (primary N) is 1. The van der Waals surface area contributed by atoms with Gasteiger partial charge in [-0.3, -0.25) is 4.79 Å². The van der Waals surface area contributed by atoms with Crippen molar-refractivity contribution in [3.8, 4) is 0 Å². The molecule has 0 atom stereocenters. The van der Waals surface area contributed by atoms with Crippen molar-refractivity contribution in [2.75, 3.05) is 11.9 Å². The number of halogens is 2. The van der Waals surface area contributed by atoms with E-state index >= 15 is 0 Å². The molecule has 1 saturated carbocycles. The zero-order valence-electron chi connectivity index (χ0n) is 10.0. The molecule has 0 aliphatic heterocycles. The Morgan fingerprint density at radius 3 is 2.61 bits per heavy atom. The molecule has 1 aromatic rings. The highest BCUT2D eigenvalue weighted by molar-refractivity contribution is 9.11. The van der Waals surface area contributed by atoms with E-state index in [-0.39, 0.29) is 11.3 Å². The van der Waals surface area contributed by atoms with Crippen LogP contribution in [0, 0.1) is 5.41 Å². The van der Waals surface area contributed by atoms with E-state index in [0.29, 0.717) is 6.54 Å². The third-order valence-corrected chi connectivity index (χ3v) is 4.79. The normalized spacial score (nSPS) is 17.7. The molecule has 5 heteroatoms. The van der Waals surface area contributed by atoms with Gasteiger partial charge in [0.1, 0.15) is 0 Å². The average molecular weight is 376 g/mol. The molecule has 98 valence electrons. The number of nitrogens with one attached hydrogen (secondary N) is 1. The van der Waals surface area contributed by atoms with Gasteiger partial charge >= 0.3 is 0 Å². The highest BCUT2D eigenvalue weighted by atomic mass is 79.9. The van der Waals surface area contributed by atoms with E-state index in [4.69, 9.17) is 5.73 Å². The van der Waals surface area contributed by atoms with Crippen LogP contribution in [0.3, 0.4) is 0 Å². The lowest BCUT2D eigenvalue weighted by Gasteiger charge is -2.26. The highest BCUT2D eigenvalue weighted by Gasteiger charge is 2.39. The smallest absolute Gasteiger partial charge is 0.231 e. The Morgan fingerprint density at radius 2 is 2.00 bits per heavy atom. The van der Waals surface area contributed by atoms with Crippen molar-refractivity contribution in [2.24, 2.45) is 11.1 Å². The molecule has 0 spiro atoms. The maximum absolute atomic E-state index is 12.4. The lowest BCUT2D eigenvalue weighted by molar-refractivity contribution is -0.124. The molecule has 0 radical (unpaired) electrons. The second-order valence-electron chi connectivity index (χ2n) is 4.77. The summed E-state index contributed by atoms with van der Waals surface area (Å²) in [6, 6.07) is 5.72. The van der Waals surface area contributed by atoms with Gasteiger partial charge in [0.15, 0.2) is 0 Å². The van der Waals surface area contributed by atoms with E-state index in [1.54, 1.807) is 0 Å². The van der Waals surface area contributed by atoms with Crippen molar-refractivity contribution in [2.45, 2.75) is 25.7 Å². The molecule has 1 aromatic carbocycles. The summed E-state index contributed by atoms with van der Waals surface area (Å²) in [6.07, 6.45) is 3.95. The topological polar surface area (TPSA) is 55.1 Å². The van der Waals surface area contributed by atoms with Crippen LogP contribution in [0.4, 0.5) is 5.69 Å². The maximum atomic E-state index is 12.4. The minimum Gasteiger partial charge on any atom is -0.329 e. The van der Waals surface area contributed by atoms with Gasteiger partial charge in [0.25, 0.3) is 0 Å². The second kappa shape index (κ2) is 5.72. The van der Waals surface area contributed by atoms with Gasteiger partial charge in [-0.1, -0.05) is 28.8 Å². The van der Waals surface area contributed by atoms with Gasteiger partial charge in [-0.15, -0.1) is 0 Å². The molecule has 1 aliphatic rings. The van der Waals surface area contributed by atoms with Gasteiger partial charge in [-0.05, 0) is 47.0 Å². The van der Waals surface area contributed by atoms with Crippen LogP contribution in [0.2, 0.25) is 0 Å². The van der Waals surface area contributed by atoms with Crippen LogP contribution in [0.1, 0.15) is 25.7 Å². The maximum Gasteiger partial charge on any atom is 0.231 e. The zero-order valence-corrected chi connectivity index (χ0v) is 13.2. The number of hydrogen-bond donors (Lipinski definition) is 2. The first-order chi connectivity index (χ1) is 8.57. The first kappa shape index (κ1) is 14.0. The molecule has 0 bridgehead atoms. The minimum absolute atomic E-state index is 0.0429. The van der Waals surface area contributed by atoms with E-state index in [9.17, 15) is 4.79 Å². The molecule has 1 fully saturated rings. The molecule has 3 N–H and O–H groups in total. The molecular weight excluding hydrogens is 360 g/mol. The lowest BCUT2D eigenvalue weighted by Crippen LogP contribution is -2.40. The Bertz CT molecular complexity index is 456. The summed E-state index contributed by atoms with van der Waals surface area (Å²) >= 11 is 6.84. The molecule has 0 aromatic heterocycles. The monoisotopic (exact) mass is 374 g/mol. The summed E-state index contributed by atoms with van der Waals surface area (Å²) in [5.41, 5.74) is 6.22. The Kier molecular flexibility index (Phi) is 4.45. The fourth-order valence-corrected chi connectivity index (χ4v) is 3.13. The number of carbonyl (C=O) groups is 1. The Labute approximate surface area is 124 Å². The minimum atomic E-state index is -0.373. The third-order valence-electron chi connectivity index (χ3n) is 3.61. The summed E-state index contributed by atoms with van der Waals surface area (Å²) in [4.78, 5) is 12.4. The molecule has 3 nitrogen and oxygen atoms in total. The number of carbonyl (C=O) groups excluding carboxylic acids is 1. The van der Waals surface area contributed by atoms with Crippen molar-refractivity contribution in [1.82, 2.24) is 0 Å². The van der Waals surface area contributed by atoms with Crippen LogP contribution in [0.5, 0.6) is 0 Å². The summed E-state index contributed by atoms with van der Waals surface area (Å²) in [5, 5.41) is 2.99. The predicted molar refractivity (Wildman–Crippen MR) is 80.4 cm³/mol. The van der Waals surface area contributed by atoms with Crippen molar-refractivity contribution in [1.29, 1.82) is 0 Å². The Morgan fingerprint density at radius 1 is 1.33 bits per heavy atom. The average Bonchev–Trinajstić information content (AvgIpc) is 2.84. The number of anilines is 1. The largest absolute Gasteiger partial charge is 0.329 e. The van der Waals surface area contributed by atoms with E-state index in [2.05, 4.69) is 37.2 Å². The van der Waals surface area contributed by atoms with Crippen molar-refractivity contribution >= 4 is 43.5 Å². The molecule has 0 saturated heterocycles. The highest BCUT2D eigenvalue weighted by Crippen LogP contribution is 2.39. The number of benzene rings is 1. The standard InChI is InChI=1S/C13H16Br2N2O/c14-9-3-4-10(15)11(7-9)17-12(18)13(8-16)5-1-2-6-13/h3-4,7H,1-2,5-6,8,16H2,(H,17,18). The van der Waals surface area contributed by atoms with Gasteiger partial charge in [0.05, 0.1) is 11.1 Å². The SMILES string of the molecule is NCC1(C(=O)Nc2cc(Br)ccc2Br)CCCC1. The quantitative estimate of drug-likeness (QED) is 0.846. The zero-order chi connectivity index (χ0) is 13.2. The van der Waals surface area contributed by atoms with Crippen LogP contribution in [0.15, 0.2) is 27.1 Å². The summed E-state index contributed by atoms with van der Waals surface area (Å²) in [6.45, 7) is 0.421. The van der Waals surface area contributed by atoms with E-state index < -0.39 is 0 Å². The van der Waals surface area contributed by atoms with Crippen molar-refractivity contribution in [3.05, 3.63) is 27.1 Å². The van der Waals surface area contributed by atoms with Crippen LogP contribution in [-0.4, -0.2) is 12.5 Å². The summed E-state index contributed by atoms with van der Waals surface area (Å²) in [7, 11) is 0. The predicted octanol–water partition coefficient (Wildman–Crippen LogP) is 3.67. The van der Waals surface area contributed by atoms with Crippen LogP contribution >= 0.6 is 31.9 Å². The first-order valence-electron chi connectivity index (χ1n) is 6.04. The summed E-state index contributed by atoms with van der Waals surface area (Å²) < 4.78 is 1.82. The fourth-order valence-electron chi connectivity index (χ4n) is 2.42. The molecule has 18 heavy (non-hydrogen) atoms. The van der Waals surface area contributed by atoms with Gasteiger partial charge in [0, 0.05) is 15.5 Å². The van der Waals surface area contributed by atoms with Crippen LogP contribution < -0.4 is 11.1 Å². The molecule has 1 amide bonds. The van der Waals surface area contributed by atoms with Gasteiger partial charge < -0.3 is 11.1 Å². The van der Waals surface area contributed by atoms with E-state index in [1.165, 1.54) is 0 Å². The van der Waals surface area contributed by atoms with Gasteiger partial charge in [0.2, 0.25) is 5.91 Å². The number of amides is 1. The fraction of sp³-hybridized carbons (Fsp3) is 0.462. The molecule has 0 unspecified atom stereocenters. The van der Waals surface area contributed by atoms with E-state index in [1.807, 2.05) is 18.2 Å². The van der Waals surface area contributed by atoms with Crippen molar-refractivity contribution < 1.29 is 4.79 Å². The second-order valence-corrected chi connectivity index (χ2v) is 6.54. The van der Waals surface area contributed by atoms with Gasteiger partial charge in [-0.25, -0.2) is 0 Å². The molecule has 0 heterocycles. The van der Waals surface area contributed by atoms with Gasteiger partial charge in [-0.2, -0.15) is 0 Å². The van der Waals surface area contributed by atoms with Crippen molar-refractivity contribution in [3.63, 3.8) is 0 Å². The number of rotatable bonds is 3. The third kappa shape index (κ3) is 2.78. The van der Waals surface area contributed by atoms with E-state index in [0.717, 1.165) is 40.3 Å². The van der Waals surface area contributed by atoms with Crippen LogP contribution in [0.25, 0.3) is 0 Å². The lowest BCUT2D eigenvalue weighted by atomic mass is 9.85. The molecule has 2 rings (SSSR count). The van der Waals surface area contributed by atoms with Crippen LogP contribution in [-0.2, 0) is 4.79 Å².